The van der Waals surface area contributed by atoms with Crippen molar-refractivity contribution in [1.29, 1.82) is 0 Å². The maximum Gasteiger partial charge on any atom is -0.0131 e. The lowest BCUT2D eigenvalue weighted by Gasteiger charge is -2.16. The highest BCUT2D eigenvalue weighted by molar-refractivity contribution is 5.25. The second-order valence-corrected chi connectivity index (χ2v) is 3.32. The van der Waals surface area contributed by atoms with Gasteiger partial charge >= 0.3 is 0 Å². The molecule has 0 aromatic heterocycles. The van der Waals surface area contributed by atoms with E-state index in [0.717, 1.165) is 12.0 Å². The Labute approximate surface area is 76.7 Å². The maximum atomic E-state index is 4.04. The SMILES string of the molecule is C=CCC(CCC)C(=C)C(=C)C. The number of allylic oxidation sites excluding steroid dienone is 3. The molecule has 0 amide bonds. The fourth-order valence-corrected chi connectivity index (χ4v) is 1.33. The third-order valence-electron chi connectivity index (χ3n) is 2.13. The van der Waals surface area contributed by atoms with Gasteiger partial charge in [0.15, 0.2) is 0 Å². The van der Waals surface area contributed by atoms with Gasteiger partial charge in [-0.15, -0.1) is 6.58 Å². The highest BCUT2D eigenvalue weighted by Crippen LogP contribution is 2.24. The molecule has 0 aliphatic heterocycles. The molecule has 0 radical (unpaired) electrons. The van der Waals surface area contributed by atoms with Crippen LogP contribution in [-0.2, 0) is 0 Å². The standard InChI is InChI=1S/C12H20/c1-6-8-12(9-7-2)11(5)10(3)4/h6,12H,1,3,5,7-9H2,2,4H3. The van der Waals surface area contributed by atoms with Gasteiger partial charge in [0.25, 0.3) is 0 Å². The van der Waals surface area contributed by atoms with Crippen LogP contribution in [0.3, 0.4) is 0 Å². The van der Waals surface area contributed by atoms with E-state index in [1.165, 1.54) is 18.4 Å². The molecule has 1 unspecified atom stereocenters. The predicted molar refractivity (Wildman–Crippen MR) is 57.2 cm³/mol. The summed E-state index contributed by atoms with van der Waals surface area (Å²) in [6.45, 7) is 15.9. The molecular weight excluding hydrogens is 144 g/mol. The maximum absolute atomic E-state index is 4.04. The molecule has 12 heavy (non-hydrogen) atoms. The van der Waals surface area contributed by atoms with Crippen molar-refractivity contribution in [1.82, 2.24) is 0 Å². The first-order valence-electron chi connectivity index (χ1n) is 4.59. The van der Waals surface area contributed by atoms with Crippen LogP contribution in [-0.4, -0.2) is 0 Å². The first-order chi connectivity index (χ1) is 5.63. The fourth-order valence-electron chi connectivity index (χ4n) is 1.33. The zero-order valence-electron chi connectivity index (χ0n) is 8.40. The van der Waals surface area contributed by atoms with Crippen molar-refractivity contribution in [3.63, 3.8) is 0 Å². The van der Waals surface area contributed by atoms with Crippen LogP contribution in [0.25, 0.3) is 0 Å². The van der Waals surface area contributed by atoms with E-state index >= 15 is 0 Å². The number of rotatable bonds is 6. The Morgan fingerprint density at radius 3 is 2.33 bits per heavy atom. The molecule has 0 heteroatoms. The van der Waals surface area contributed by atoms with Crippen molar-refractivity contribution in [2.24, 2.45) is 5.92 Å². The zero-order valence-corrected chi connectivity index (χ0v) is 8.40. The van der Waals surface area contributed by atoms with E-state index in [0.29, 0.717) is 5.92 Å². The quantitative estimate of drug-likeness (QED) is 0.409. The van der Waals surface area contributed by atoms with Crippen LogP contribution >= 0.6 is 0 Å². The Balaban J connectivity index is 4.17. The average molecular weight is 164 g/mol. The van der Waals surface area contributed by atoms with Gasteiger partial charge < -0.3 is 0 Å². The normalized spacial score (nSPS) is 12.2. The monoisotopic (exact) mass is 164 g/mol. The largest absolute Gasteiger partial charge is 0.103 e. The summed E-state index contributed by atoms with van der Waals surface area (Å²) in [4.78, 5) is 0. The average Bonchev–Trinajstić information content (AvgIpc) is 2.03. The second kappa shape index (κ2) is 5.82. The Bertz CT molecular complexity index is 174. The van der Waals surface area contributed by atoms with Gasteiger partial charge in [0.1, 0.15) is 0 Å². The Hall–Kier alpha value is -0.780. The molecule has 0 aliphatic rings. The van der Waals surface area contributed by atoms with Crippen LogP contribution in [0.2, 0.25) is 0 Å². The van der Waals surface area contributed by atoms with Crippen molar-refractivity contribution in [2.45, 2.75) is 33.1 Å². The van der Waals surface area contributed by atoms with Crippen LogP contribution in [0.1, 0.15) is 33.1 Å². The molecule has 0 bridgehead atoms. The molecule has 0 spiro atoms. The Morgan fingerprint density at radius 1 is 1.42 bits per heavy atom. The third kappa shape index (κ3) is 3.56. The molecule has 0 saturated heterocycles. The number of hydrogen-bond donors (Lipinski definition) is 0. The lowest BCUT2D eigenvalue weighted by atomic mass is 9.89. The van der Waals surface area contributed by atoms with Crippen molar-refractivity contribution in [3.05, 3.63) is 37.0 Å². The van der Waals surface area contributed by atoms with E-state index in [1.54, 1.807) is 0 Å². The van der Waals surface area contributed by atoms with Gasteiger partial charge in [0.05, 0.1) is 0 Å². The minimum absolute atomic E-state index is 0.560. The van der Waals surface area contributed by atoms with Crippen molar-refractivity contribution in [3.8, 4) is 0 Å². The van der Waals surface area contributed by atoms with Crippen molar-refractivity contribution in [2.75, 3.05) is 0 Å². The van der Waals surface area contributed by atoms with E-state index in [-0.39, 0.29) is 0 Å². The summed E-state index contributed by atoms with van der Waals surface area (Å²) in [7, 11) is 0. The van der Waals surface area contributed by atoms with Crippen LogP contribution in [0.15, 0.2) is 37.0 Å². The van der Waals surface area contributed by atoms with E-state index in [4.69, 9.17) is 0 Å². The van der Waals surface area contributed by atoms with E-state index < -0.39 is 0 Å². The van der Waals surface area contributed by atoms with Gasteiger partial charge in [-0.3, -0.25) is 0 Å². The van der Waals surface area contributed by atoms with Gasteiger partial charge in [0.2, 0.25) is 0 Å². The second-order valence-electron chi connectivity index (χ2n) is 3.32. The highest BCUT2D eigenvalue weighted by atomic mass is 14.1. The molecule has 0 heterocycles. The topological polar surface area (TPSA) is 0 Å². The zero-order chi connectivity index (χ0) is 9.56. The van der Waals surface area contributed by atoms with E-state index in [1.807, 2.05) is 13.0 Å². The van der Waals surface area contributed by atoms with Gasteiger partial charge in [0, 0.05) is 0 Å². The molecule has 0 aliphatic carbocycles. The van der Waals surface area contributed by atoms with Crippen LogP contribution < -0.4 is 0 Å². The van der Waals surface area contributed by atoms with Crippen LogP contribution in [0, 0.1) is 5.92 Å². The van der Waals surface area contributed by atoms with Crippen molar-refractivity contribution < 1.29 is 0 Å². The summed E-state index contributed by atoms with van der Waals surface area (Å²) in [5.74, 6) is 0.560. The minimum atomic E-state index is 0.560. The lowest BCUT2D eigenvalue weighted by molar-refractivity contribution is 0.565. The Morgan fingerprint density at radius 2 is 2.00 bits per heavy atom. The molecule has 0 N–H and O–H groups in total. The van der Waals surface area contributed by atoms with E-state index in [9.17, 15) is 0 Å². The molecule has 68 valence electrons. The predicted octanol–water partition coefficient (Wildman–Crippen LogP) is 4.11. The first-order valence-corrected chi connectivity index (χ1v) is 4.59. The summed E-state index contributed by atoms with van der Waals surface area (Å²) in [6, 6.07) is 0. The molecule has 0 nitrogen and oxygen atoms in total. The first kappa shape index (κ1) is 11.2. The smallest absolute Gasteiger partial charge is 0.0131 e. The van der Waals surface area contributed by atoms with Gasteiger partial charge in [-0.25, -0.2) is 0 Å². The van der Waals surface area contributed by atoms with Gasteiger partial charge in [-0.2, -0.15) is 0 Å². The molecule has 0 saturated carbocycles. The summed E-state index contributed by atoms with van der Waals surface area (Å²) in [6.07, 6.45) is 5.39. The highest BCUT2D eigenvalue weighted by Gasteiger charge is 2.09. The van der Waals surface area contributed by atoms with Gasteiger partial charge in [-0.05, 0) is 31.3 Å². The van der Waals surface area contributed by atoms with Gasteiger partial charge in [-0.1, -0.05) is 38.2 Å². The molecule has 1 atom stereocenters. The fraction of sp³-hybridized carbons (Fsp3) is 0.500. The lowest BCUT2D eigenvalue weighted by Crippen LogP contribution is -2.02. The molecule has 0 fully saturated rings. The van der Waals surface area contributed by atoms with E-state index in [2.05, 4.69) is 26.7 Å². The Kier molecular flexibility index (Phi) is 5.44. The summed E-state index contributed by atoms with van der Waals surface area (Å²) >= 11 is 0. The van der Waals surface area contributed by atoms with Crippen LogP contribution in [0.5, 0.6) is 0 Å². The number of hydrogen-bond acceptors (Lipinski definition) is 0. The molecular formula is C12H20. The van der Waals surface area contributed by atoms with Crippen molar-refractivity contribution >= 4 is 0 Å². The summed E-state index contributed by atoms with van der Waals surface area (Å²) in [5, 5.41) is 0. The minimum Gasteiger partial charge on any atom is -0.103 e. The molecule has 0 rings (SSSR count). The third-order valence-corrected chi connectivity index (χ3v) is 2.13. The van der Waals surface area contributed by atoms with Crippen LogP contribution in [0.4, 0.5) is 0 Å². The summed E-state index contributed by atoms with van der Waals surface area (Å²) in [5.41, 5.74) is 2.30. The summed E-state index contributed by atoms with van der Waals surface area (Å²) < 4.78 is 0. The molecule has 0 aromatic carbocycles. The molecule has 0 aromatic rings.